The van der Waals surface area contributed by atoms with Gasteiger partial charge in [0.2, 0.25) is 5.76 Å². The van der Waals surface area contributed by atoms with E-state index in [1.54, 1.807) is 6.07 Å². The summed E-state index contributed by atoms with van der Waals surface area (Å²) in [6, 6.07) is 2.96. The Balaban J connectivity index is 1.90. The van der Waals surface area contributed by atoms with Crippen LogP contribution in [0.1, 0.15) is 42.7 Å². The number of carbonyl (C=O) groups is 1. The molecule has 0 saturated heterocycles. The van der Waals surface area contributed by atoms with Crippen LogP contribution in [0.3, 0.4) is 0 Å². The van der Waals surface area contributed by atoms with Gasteiger partial charge in [-0.25, -0.2) is 4.79 Å². The van der Waals surface area contributed by atoms with Gasteiger partial charge in [-0.3, -0.25) is 0 Å². The van der Waals surface area contributed by atoms with Crippen molar-refractivity contribution in [2.45, 2.75) is 37.7 Å². The minimum atomic E-state index is -1.09. The molecule has 1 aromatic heterocycles. The van der Waals surface area contributed by atoms with Crippen LogP contribution in [0.5, 0.6) is 0 Å². The number of hydrogen-bond donors (Lipinski definition) is 3. The summed E-state index contributed by atoms with van der Waals surface area (Å²) in [5, 5.41) is 21.9. The number of nitrogens with one attached hydrogen (secondary N) is 1. The molecule has 0 radical (unpaired) electrons. The third-order valence-electron chi connectivity index (χ3n) is 3.19. The van der Waals surface area contributed by atoms with Crippen molar-refractivity contribution >= 4 is 11.9 Å². The molecule has 0 atom stereocenters. The van der Waals surface area contributed by atoms with Crippen molar-refractivity contribution in [3.63, 3.8) is 0 Å². The number of anilines is 1. The van der Waals surface area contributed by atoms with Crippen LogP contribution in [-0.4, -0.2) is 28.3 Å². The molecular weight excluding hydrogens is 222 g/mol. The van der Waals surface area contributed by atoms with Gasteiger partial charge in [0, 0.05) is 12.6 Å². The first-order valence-electron chi connectivity index (χ1n) is 5.88. The van der Waals surface area contributed by atoms with Crippen LogP contribution >= 0.6 is 0 Å². The molecule has 0 unspecified atom stereocenters. The smallest absolute Gasteiger partial charge is 0.371 e. The van der Waals surface area contributed by atoms with E-state index >= 15 is 0 Å². The molecule has 1 saturated carbocycles. The zero-order valence-corrected chi connectivity index (χ0v) is 9.61. The number of furan rings is 1. The van der Waals surface area contributed by atoms with E-state index in [-0.39, 0.29) is 5.76 Å². The van der Waals surface area contributed by atoms with Gasteiger partial charge in [0.15, 0.2) is 5.88 Å². The maximum Gasteiger partial charge on any atom is 0.371 e. The highest BCUT2D eigenvalue weighted by Gasteiger charge is 2.29. The molecule has 0 bridgehead atoms. The van der Waals surface area contributed by atoms with Gasteiger partial charge in [-0.05, 0) is 18.9 Å². The molecule has 1 aliphatic rings. The summed E-state index contributed by atoms with van der Waals surface area (Å²) in [6.45, 7) is 0.402. The highest BCUT2D eigenvalue weighted by Crippen LogP contribution is 2.28. The third-order valence-corrected chi connectivity index (χ3v) is 3.19. The van der Waals surface area contributed by atoms with Crippen molar-refractivity contribution in [2.75, 3.05) is 11.9 Å². The molecule has 0 aromatic carbocycles. The van der Waals surface area contributed by atoms with Crippen LogP contribution in [-0.2, 0) is 0 Å². The Hall–Kier alpha value is -1.49. The van der Waals surface area contributed by atoms with Crippen molar-refractivity contribution < 1.29 is 19.4 Å². The van der Waals surface area contributed by atoms with E-state index in [4.69, 9.17) is 9.52 Å². The first kappa shape index (κ1) is 12.0. The molecular formula is C12H17NO4. The van der Waals surface area contributed by atoms with Gasteiger partial charge in [-0.15, -0.1) is 0 Å². The quantitative estimate of drug-likeness (QED) is 0.749. The minimum Gasteiger partial charge on any atom is -0.475 e. The summed E-state index contributed by atoms with van der Waals surface area (Å²) < 4.78 is 5.06. The summed E-state index contributed by atoms with van der Waals surface area (Å²) in [6.07, 6.45) is 4.82. The summed E-state index contributed by atoms with van der Waals surface area (Å²) in [4.78, 5) is 10.6. The van der Waals surface area contributed by atoms with Gasteiger partial charge < -0.3 is 19.9 Å². The van der Waals surface area contributed by atoms with Crippen molar-refractivity contribution in [1.82, 2.24) is 0 Å². The van der Waals surface area contributed by atoms with Gasteiger partial charge >= 0.3 is 5.97 Å². The van der Waals surface area contributed by atoms with Crippen LogP contribution in [0.4, 0.5) is 5.88 Å². The highest BCUT2D eigenvalue weighted by atomic mass is 16.4. The van der Waals surface area contributed by atoms with E-state index in [0.717, 1.165) is 25.7 Å². The molecule has 1 aliphatic carbocycles. The number of aliphatic hydroxyl groups is 1. The zero-order valence-electron chi connectivity index (χ0n) is 9.61. The molecule has 5 heteroatoms. The molecule has 1 aromatic rings. The Morgan fingerprint density at radius 3 is 2.65 bits per heavy atom. The van der Waals surface area contributed by atoms with Gasteiger partial charge in [0.25, 0.3) is 0 Å². The second-order valence-corrected chi connectivity index (χ2v) is 4.61. The Labute approximate surface area is 99.4 Å². The number of carboxylic acids is 1. The van der Waals surface area contributed by atoms with Crippen molar-refractivity contribution in [1.29, 1.82) is 0 Å². The molecule has 5 nitrogen and oxygen atoms in total. The second kappa shape index (κ2) is 4.79. The number of carboxylic acid groups (broad SMARTS) is 1. The summed E-state index contributed by atoms with van der Waals surface area (Å²) in [5.41, 5.74) is -0.686. The van der Waals surface area contributed by atoms with Crippen LogP contribution in [0.25, 0.3) is 0 Å². The molecule has 3 N–H and O–H groups in total. The molecule has 1 heterocycles. The molecule has 2 rings (SSSR count). The van der Waals surface area contributed by atoms with Gasteiger partial charge in [0.1, 0.15) is 0 Å². The molecule has 0 amide bonds. The Bertz CT molecular complexity index is 393. The molecule has 0 spiro atoms. The fraction of sp³-hybridized carbons (Fsp3) is 0.583. The Morgan fingerprint density at radius 2 is 2.06 bits per heavy atom. The lowest BCUT2D eigenvalue weighted by atomic mass is 9.85. The number of hydrogen-bond acceptors (Lipinski definition) is 4. The van der Waals surface area contributed by atoms with E-state index in [2.05, 4.69) is 5.32 Å². The fourth-order valence-electron chi connectivity index (χ4n) is 2.19. The molecule has 17 heavy (non-hydrogen) atoms. The SMILES string of the molecule is O=C(O)c1ccc(NCC2(O)CCCCC2)o1. The fourth-order valence-corrected chi connectivity index (χ4v) is 2.19. The van der Waals surface area contributed by atoms with E-state index < -0.39 is 11.6 Å². The van der Waals surface area contributed by atoms with Gasteiger partial charge in [-0.2, -0.15) is 0 Å². The third kappa shape index (κ3) is 3.00. The lowest BCUT2D eigenvalue weighted by Crippen LogP contribution is -2.38. The predicted molar refractivity (Wildman–Crippen MR) is 62.2 cm³/mol. The topological polar surface area (TPSA) is 82.7 Å². The van der Waals surface area contributed by atoms with E-state index in [0.29, 0.717) is 12.4 Å². The zero-order chi connectivity index (χ0) is 12.3. The number of aromatic carboxylic acids is 1. The normalized spacial score (nSPS) is 18.9. The Morgan fingerprint density at radius 1 is 1.35 bits per heavy atom. The molecule has 94 valence electrons. The van der Waals surface area contributed by atoms with Crippen molar-refractivity contribution in [3.05, 3.63) is 17.9 Å². The van der Waals surface area contributed by atoms with Crippen LogP contribution < -0.4 is 5.32 Å². The number of rotatable bonds is 4. The van der Waals surface area contributed by atoms with E-state index in [9.17, 15) is 9.90 Å². The van der Waals surface area contributed by atoms with Crippen molar-refractivity contribution in [2.24, 2.45) is 0 Å². The molecule has 1 fully saturated rings. The standard InChI is InChI=1S/C12H17NO4/c14-11(15)9-4-5-10(17-9)13-8-12(16)6-2-1-3-7-12/h4-5,13,16H,1-3,6-8H2,(H,14,15). The second-order valence-electron chi connectivity index (χ2n) is 4.61. The first-order chi connectivity index (χ1) is 8.09. The summed E-state index contributed by atoms with van der Waals surface area (Å²) >= 11 is 0. The van der Waals surface area contributed by atoms with Gasteiger partial charge in [0.05, 0.1) is 5.60 Å². The van der Waals surface area contributed by atoms with E-state index in [1.807, 2.05) is 0 Å². The first-order valence-corrected chi connectivity index (χ1v) is 5.88. The van der Waals surface area contributed by atoms with Crippen molar-refractivity contribution in [3.8, 4) is 0 Å². The van der Waals surface area contributed by atoms with Gasteiger partial charge in [-0.1, -0.05) is 19.3 Å². The maximum absolute atomic E-state index is 10.6. The molecule has 0 aliphatic heterocycles. The largest absolute Gasteiger partial charge is 0.475 e. The van der Waals surface area contributed by atoms with Crippen LogP contribution in [0, 0.1) is 0 Å². The predicted octanol–water partition coefficient (Wildman–Crippen LogP) is 2.08. The lowest BCUT2D eigenvalue weighted by molar-refractivity contribution is 0.0163. The summed E-state index contributed by atoms with van der Waals surface area (Å²) in [5.74, 6) is -0.793. The highest BCUT2D eigenvalue weighted by molar-refractivity contribution is 5.84. The van der Waals surface area contributed by atoms with Crippen LogP contribution in [0.15, 0.2) is 16.5 Å². The minimum absolute atomic E-state index is 0.0943. The van der Waals surface area contributed by atoms with E-state index in [1.165, 1.54) is 12.5 Å². The monoisotopic (exact) mass is 239 g/mol. The lowest BCUT2D eigenvalue weighted by Gasteiger charge is -2.31. The average Bonchev–Trinajstić information content (AvgIpc) is 2.76. The Kier molecular flexibility index (Phi) is 3.38. The average molecular weight is 239 g/mol. The van der Waals surface area contributed by atoms with Crippen LogP contribution in [0.2, 0.25) is 0 Å². The maximum atomic E-state index is 10.6. The summed E-state index contributed by atoms with van der Waals surface area (Å²) in [7, 11) is 0.